The van der Waals surface area contributed by atoms with Crippen LogP contribution in [-0.4, -0.2) is 12.4 Å². The summed E-state index contributed by atoms with van der Waals surface area (Å²) < 4.78 is 11.4. The molecule has 0 saturated heterocycles. The fourth-order valence-corrected chi connectivity index (χ4v) is 1.47. The molecule has 0 saturated carbocycles. The Hall–Kier alpha value is -1.28. The molecule has 1 aromatic carbocycles. The summed E-state index contributed by atoms with van der Waals surface area (Å²) in [6.07, 6.45) is 0.987. The molecule has 0 aliphatic heterocycles. The van der Waals surface area contributed by atoms with Gasteiger partial charge in [-0.15, -0.1) is 0 Å². The number of ether oxygens (including phenoxy) is 2. The minimum absolute atomic E-state index is 0.583. The molecule has 0 aromatic heterocycles. The molecule has 0 N–H and O–H groups in total. The van der Waals surface area contributed by atoms with Crippen LogP contribution in [0.3, 0.4) is 0 Å². The summed E-state index contributed by atoms with van der Waals surface area (Å²) in [4.78, 5) is 0. The van der Waals surface area contributed by atoms with Crippen LogP contribution in [0, 0.1) is 0 Å². The van der Waals surface area contributed by atoms with Crippen LogP contribution in [0.4, 0.5) is 0 Å². The predicted octanol–water partition coefficient (Wildman–Crippen LogP) is 4.26. The maximum atomic E-state index is 5.79. The molecule has 0 radical (unpaired) electrons. The zero-order valence-corrected chi connectivity index (χ0v) is 11.2. The lowest BCUT2D eigenvalue weighted by molar-refractivity contribution is -0.156. The van der Waals surface area contributed by atoms with E-state index in [0.717, 1.165) is 23.3 Å². The van der Waals surface area contributed by atoms with E-state index in [0.29, 0.717) is 6.61 Å². The van der Waals surface area contributed by atoms with Crippen molar-refractivity contribution in [1.29, 1.82) is 0 Å². The average Bonchev–Trinajstić information content (AvgIpc) is 2.26. The first-order valence-corrected chi connectivity index (χ1v) is 6.03. The molecular weight excluding hydrogens is 212 g/mol. The Bertz CT molecular complexity index is 363. The van der Waals surface area contributed by atoms with Gasteiger partial charge in [0.1, 0.15) is 5.75 Å². The van der Waals surface area contributed by atoms with Crippen LogP contribution >= 0.6 is 0 Å². The summed E-state index contributed by atoms with van der Waals surface area (Å²) in [5.41, 5.74) is 2.18. The van der Waals surface area contributed by atoms with Crippen molar-refractivity contribution in [3.8, 4) is 5.75 Å². The molecular formula is C15H22O2. The fraction of sp³-hybridized carbons (Fsp3) is 0.467. The molecule has 94 valence electrons. The Labute approximate surface area is 104 Å². The van der Waals surface area contributed by atoms with Gasteiger partial charge < -0.3 is 9.47 Å². The van der Waals surface area contributed by atoms with Crippen molar-refractivity contribution in [2.45, 2.75) is 39.9 Å². The number of benzene rings is 1. The van der Waals surface area contributed by atoms with Crippen LogP contribution in [0.15, 0.2) is 30.8 Å². The Morgan fingerprint density at radius 1 is 1.24 bits per heavy atom. The first-order valence-electron chi connectivity index (χ1n) is 6.03. The Kier molecular flexibility index (Phi) is 4.76. The number of allylic oxidation sites excluding steroid dienone is 1. The lowest BCUT2D eigenvalue weighted by Gasteiger charge is -2.26. The maximum Gasteiger partial charge on any atom is 0.204 e. The van der Waals surface area contributed by atoms with Gasteiger partial charge in [-0.2, -0.15) is 0 Å². The largest absolute Gasteiger partial charge is 0.463 e. The molecule has 0 spiro atoms. The van der Waals surface area contributed by atoms with Gasteiger partial charge in [-0.3, -0.25) is 0 Å². The third-order valence-corrected chi connectivity index (χ3v) is 2.36. The molecule has 1 rings (SSSR count). The molecule has 0 bridgehead atoms. The van der Waals surface area contributed by atoms with Gasteiger partial charge in [0.25, 0.3) is 0 Å². The van der Waals surface area contributed by atoms with E-state index in [1.165, 1.54) is 0 Å². The molecule has 17 heavy (non-hydrogen) atoms. The Balaban J connectivity index is 2.65. The molecule has 0 amide bonds. The van der Waals surface area contributed by atoms with Crippen molar-refractivity contribution >= 4 is 5.57 Å². The quantitative estimate of drug-likeness (QED) is 0.685. The highest BCUT2D eigenvalue weighted by Gasteiger charge is 2.19. The molecule has 0 atom stereocenters. The van der Waals surface area contributed by atoms with E-state index in [1.807, 2.05) is 45.0 Å². The topological polar surface area (TPSA) is 18.5 Å². The predicted molar refractivity (Wildman–Crippen MR) is 72.1 cm³/mol. The van der Waals surface area contributed by atoms with Crippen molar-refractivity contribution < 1.29 is 9.47 Å². The Morgan fingerprint density at radius 2 is 1.82 bits per heavy atom. The molecule has 2 nitrogen and oxygen atoms in total. The van der Waals surface area contributed by atoms with Gasteiger partial charge in [0.15, 0.2) is 0 Å². The second-order valence-corrected chi connectivity index (χ2v) is 4.66. The van der Waals surface area contributed by atoms with Gasteiger partial charge in [0, 0.05) is 13.8 Å². The minimum atomic E-state index is -0.583. The van der Waals surface area contributed by atoms with Gasteiger partial charge in [-0.05, 0) is 31.0 Å². The van der Waals surface area contributed by atoms with Crippen LogP contribution in [-0.2, 0) is 4.74 Å². The smallest absolute Gasteiger partial charge is 0.204 e. The van der Waals surface area contributed by atoms with Gasteiger partial charge in [0.05, 0.1) is 6.61 Å². The standard InChI is InChI=1S/C15H22O2/c1-6-11-16-15(4,5)17-14-9-7-13(8-10-14)12(2)3/h7-10H,2,6,11H2,1,3-5H3. The molecule has 0 fully saturated rings. The van der Waals surface area contributed by atoms with Crippen LogP contribution < -0.4 is 4.74 Å². The molecule has 0 heterocycles. The summed E-state index contributed by atoms with van der Waals surface area (Å²) in [5.74, 6) is 0.233. The van der Waals surface area contributed by atoms with Crippen LogP contribution in [0.1, 0.15) is 39.7 Å². The maximum absolute atomic E-state index is 5.79. The van der Waals surface area contributed by atoms with E-state index in [9.17, 15) is 0 Å². The normalized spacial score (nSPS) is 11.3. The highest BCUT2D eigenvalue weighted by molar-refractivity contribution is 5.61. The minimum Gasteiger partial charge on any atom is -0.463 e. The van der Waals surface area contributed by atoms with Crippen LogP contribution in [0.5, 0.6) is 5.75 Å². The third kappa shape index (κ3) is 4.61. The second kappa shape index (κ2) is 5.87. The van der Waals surface area contributed by atoms with Gasteiger partial charge in [-0.1, -0.05) is 31.2 Å². The van der Waals surface area contributed by atoms with E-state index in [4.69, 9.17) is 9.47 Å². The van der Waals surface area contributed by atoms with E-state index < -0.39 is 5.79 Å². The second-order valence-electron chi connectivity index (χ2n) is 4.66. The highest BCUT2D eigenvalue weighted by Crippen LogP contribution is 2.22. The molecule has 0 aliphatic rings. The van der Waals surface area contributed by atoms with E-state index in [2.05, 4.69) is 13.5 Å². The summed E-state index contributed by atoms with van der Waals surface area (Å²) in [7, 11) is 0. The summed E-state index contributed by atoms with van der Waals surface area (Å²) >= 11 is 0. The van der Waals surface area contributed by atoms with E-state index >= 15 is 0 Å². The average molecular weight is 234 g/mol. The lowest BCUT2D eigenvalue weighted by atomic mass is 10.1. The number of rotatable bonds is 6. The van der Waals surface area contributed by atoms with Gasteiger partial charge in [-0.25, -0.2) is 0 Å². The lowest BCUT2D eigenvalue weighted by Crippen LogP contribution is -2.32. The molecule has 1 aromatic rings. The van der Waals surface area contributed by atoms with Crippen molar-refractivity contribution in [3.63, 3.8) is 0 Å². The monoisotopic (exact) mass is 234 g/mol. The zero-order chi connectivity index (χ0) is 12.9. The van der Waals surface area contributed by atoms with Crippen molar-refractivity contribution in [2.24, 2.45) is 0 Å². The van der Waals surface area contributed by atoms with E-state index in [1.54, 1.807) is 0 Å². The van der Waals surface area contributed by atoms with Crippen molar-refractivity contribution in [1.82, 2.24) is 0 Å². The van der Waals surface area contributed by atoms with Gasteiger partial charge >= 0.3 is 0 Å². The highest BCUT2D eigenvalue weighted by atomic mass is 16.7. The third-order valence-electron chi connectivity index (χ3n) is 2.36. The summed E-state index contributed by atoms with van der Waals surface area (Å²) in [6.45, 7) is 12.5. The SMILES string of the molecule is C=C(C)c1ccc(OC(C)(C)OCCC)cc1. The zero-order valence-electron chi connectivity index (χ0n) is 11.2. The summed E-state index contributed by atoms with van der Waals surface area (Å²) in [5, 5.41) is 0. The Morgan fingerprint density at radius 3 is 2.29 bits per heavy atom. The number of hydrogen-bond donors (Lipinski definition) is 0. The molecule has 2 heteroatoms. The molecule has 0 aliphatic carbocycles. The van der Waals surface area contributed by atoms with Gasteiger partial charge in [0.2, 0.25) is 5.79 Å². The van der Waals surface area contributed by atoms with Crippen LogP contribution in [0.2, 0.25) is 0 Å². The molecule has 0 unspecified atom stereocenters. The van der Waals surface area contributed by atoms with Crippen molar-refractivity contribution in [3.05, 3.63) is 36.4 Å². The number of hydrogen-bond acceptors (Lipinski definition) is 2. The fourth-order valence-electron chi connectivity index (χ4n) is 1.47. The van der Waals surface area contributed by atoms with Crippen LogP contribution in [0.25, 0.3) is 5.57 Å². The van der Waals surface area contributed by atoms with Crippen molar-refractivity contribution in [2.75, 3.05) is 6.61 Å². The summed E-state index contributed by atoms with van der Waals surface area (Å²) in [6, 6.07) is 7.91. The first kappa shape index (κ1) is 13.8. The van der Waals surface area contributed by atoms with E-state index in [-0.39, 0.29) is 0 Å². The first-order chi connectivity index (χ1) is 7.94.